The molecule has 0 aliphatic heterocycles. The first-order chi connectivity index (χ1) is 6.18. The Bertz CT molecular complexity index is 362. The molecule has 5 heteroatoms. The molecule has 68 valence electrons. The Kier molecular flexibility index (Phi) is 2.03. The van der Waals surface area contributed by atoms with Crippen molar-refractivity contribution in [3.63, 3.8) is 0 Å². The number of halogens is 1. The Morgan fingerprint density at radius 3 is 2.85 bits per heavy atom. The molecule has 1 aliphatic carbocycles. The van der Waals surface area contributed by atoms with Gasteiger partial charge in [-0.1, -0.05) is 0 Å². The molecule has 0 atom stereocenters. The summed E-state index contributed by atoms with van der Waals surface area (Å²) in [6, 6.07) is 0. The van der Waals surface area contributed by atoms with E-state index in [0.29, 0.717) is 10.4 Å². The SMILES string of the molecule is NC(=O)c1nc(C2CC2)ncc1Br. The number of nitrogens with two attached hydrogens (primary N) is 1. The summed E-state index contributed by atoms with van der Waals surface area (Å²) in [5.41, 5.74) is 5.42. The lowest BCUT2D eigenvalue weighted by Crippen LogP contribution is -2.15. The second-order valence-corrected chi connectivity index (χ2v) is 3.92. The standard InChI is InChI=1S/C8H8BrN3O/c9-5-3-11-8(4-1-2-4)12-6(5)7(10)13/h3-4H,1-2H2,(H2,10,13). The third-order valence-electron chi connectivity index (χ3n) is 1.94. The highest BCUT2D eigenvalue weighted by Gasteiger charge is 2.27. The van der Waals surface area contributed by atoms with Crippen LogP contribution in [0.2, 0.25) is 0 Å². The van der Waals surface area contributed by atoms with Crippen molar-refractivity contribution < 1.29 is 4.79 Å². The largest absolute Gasteiger partial charge is 0.364 e. The average molecular weight is 242 g/mol. The van der Waals surface area contributed by atoms with Crippen LogP contribution in [0.5, 0.6) is 0 Å². The molecule has 2 N–H and O–H groups in total. The average Bonchev–Trinajstić information content (AvgIpc) is 2.87. The van der Waals surface area contributed by atoms with Crippen LogP contribution < -0.4 is 5.73 Å². The van der Waals surface area contributed by atoms with Crippen molar-refractivity contribution in [3.05, 3.63) is 22.2 Å². The number of nitrogens with zero attached hydrogens (tertiary/aromatic N) is 2. The van der Waals surface area contributed by atoms with Crippen molar-refractivity contribution in [2.45, 2.75) is 18.8 Å². The molecule has 1 heterocycles. The molecule has 0 radical (unpaired) electrons. The van der Waals surface area contributed by atoms with E-state index in [-0.39, 0.29) is 5.69 Å². The smallest absolute Gasteiger partial charge is 0.268 e. The molecule has 0 aromatic carbocycles. The van der Waals surface area contributed by atoms with Crippen LogP contribution in [0.1, 0.15) is 35.1 Å². The fraction of sp³-hybridized carbons (Fsp3) is 0.375. The minimum Gasteiger partial charge on any atom is -0.364 e. The molecule has 1 amide bonds. The van der Waals surface area contributed by atoms with Gasteiger partial charge in [0.1, 0.15) is 11.5 Å². The number of primary amides is 1. The fourth-order valence-corrected chi connectivity index (χ4v) is 1.48. The van der Waals surface area contributed by atoms with Gasteiger partial charge in [-0.05, 0) is 28.8 Å². The first-order valence-corrected chi connectivity index (χ1v) is 4.80. The number of aromatic nitrogens is 2. The van der Waals surface area contributed by atoms with E-state index in [0.717, 1.165) is 18.7 Å². The summed E-state index contributed by atoms with van der Waals surface area (Å²) >= 11 is 3.17. The maximum atomic E-state index is 10.9. The van der Waals surface area contributed by atoms with E-state index in [1.807, 2.05) is 0 Å². The van der Waals surface area contributed by atoms with Gasteiger partial charge in [-0.15, -0.1) is 0 Å². The summed E-state index contributed by atoms with van der Waals surface area (Å²) in [5.74, 6) is 0.652. The highest BCUT2D eigenvalue weighted by atomic mass is 79.9. The zero-order valence-corrected chi connectivity index (χ0v) is 8.41. The molecule has 13 heavy (non-hydrogen) atoms. The van der Waals surface area contributed by atoms with E-state index in [1.165, 1.54) is 0 Å². The third kappa shape index (κ3) is 1.70. The monoisotopic (exact) mass is 241 g/mol. The molecule has 0 spiro atoms. The lowest BCUT2D eigenvalue weighted by atomic mass is 10.3. The van der Waals surface area contributed by atoms with Gasteiger partial charge in [-0.3, -0.25) is 4.79 Å². The van der Waals surface area contributed by atoms with E-state index in [2.05, 4.69) is 25.9 Å². The molecular formula is C8H8BrN3O. The lowest BCUT2D eigenvalue weighted by molar-refractivity contribution is 0.0994. The molecule has 0 bridgehead atoms. The van der Waals surface area contributed by atoms with Gasteiger partial charge in [0.15, 0.2) is 0 Å². The van der Waals surface area contributed by atoms with E-state index in [1.54, 1.807) is 6.20 Å². The maximum absolute atomic E-state index is 10.9. The van der Waals surface area contributed by atoms with Crippen LogP contribution in [0.3, 0.4) is 0 Å². The minimum atomic E-state index is -0.517. The Hall–Kier alpha value is -0.970. The Morgan fingerprint density at radius 2 is 2.31 bits per heavy atom. The number of hydrogen-bond donors (Lipinski definition) is 1. The fourth-order valence-electron chi connectivity index (χ4n) is 1.09. The zero-order valence-electron chi connectivity index (χ0n) is 6.83. The normalized spacial score (nSPS) is 15.8. The van der Waals surface area contributed by atoms with E-state index < -0.39 is 5.91 Å². The van der Waals surface area contributed by atoms with Gasteiger partial charge in [0, 0.05) is 12.1 Å². The van der Waals surface area contributed by atoms with Crippen molar-refractivity contribution in [3.8, 4) is 0 Å². The quantitative estimate of drug-likeness (QED) is 0.847. The van der Waals surface area contributed by atoms with Crippen molar-refractivity contribution in [1.29, 1.82) is 0 Å². The van der Waals surface area contributed by atoms with Gasteiger partial charge in [0.2, 0.25) is 0 Å². The number of rotatable bonds is 2. The topological polar surface area (TPSA) is 68.9 Å². The van der Waals surface area contributed by atoms with Gasteiger partial charge < -0.3 is 5.73 Å². The highest BCUT2D eigenvalue weighted by Crippen LogP contribution is 2.38. The lowest BCUT2D eigenvalue weighted by Gasteiger charge is -2.00. The number of hydrogen-bond acceptors (Lipinski definition) is 3. The predicted molar refractivity (Wildman–Crippen MR) is 50.2 cm³/mol. The number of carbonyl (C=O) groups is 1. The summed E-state index contributed by atoms with van der Waals surface area (Å²) in [7, 11) is 0. The predicted octanol–water partition coefficient (Wildman–Crippen LogP) is 1.22. The summed E-state index contributed by atoms with van der Waals surface area (Å²) < 4.78 is 0.560. The van der Waals surface area contributed by atoms with E-state index in [4.69, 9.17) is 5.73 Å². The van der Waals surface area contributed by atoms with Gasteiger partial charge in [-0.2, -0.15) is 0 Å². The van der Waals surface area contributed by atoms with Gasteiger partial charge >= 0.3 is 0 Å². The molecule has 2 rings (SSSR count). The first-order valence-electron chi connectivity index (χ1n) is 4.00. The molecule has 1 aliphatic rings. The Balaban J connectivity index is 2.41. The molecular weight excluding hydrogens is 234 g/mol. The van der Waals surface area contributed by atoms with Crippen LogP contribution in [0, 0.1) is 0 Å². The zero-order chi connectivity index (χ0) is 9.42. The molecule has 1 aromatic rings. The second-order valence-electron chi connectivity index (χ2n) is 3.06. The highest BCUT2D eigenvalue weighted by molar-refractivity contribution is 9.10. The minimum absolute atomic E-state index is 0.275. The number of amides is 1. The second kappa shape index (κ2) is 3.06. The van der Waals surface area contributed by atoms with Crippen LogP contribution in [-0.4, -0.2) is 15.9 Å². The van der Waals surface area contributed by atoms with Gasteiger partial charge in [0.05, 0.1) is 4.47 Å². The van der Waals surface area contributed by atoms with E-state index >= 15 is 0 Å². The number of carbonyl (C=O) groups excluding carboxylic acids is 1. The van der Waals surface area contributed by atoms with Crippen LogP contribution in [-0.2, 0) is 0 Å². The van der Waals surface area contributed by atoms with Crippen molar-refractivity contribution in [1.82, 2.24) is 9.97 Å². The van der Waals surface area contributed by atoms with Crippen LogP contribution in [0.4, 0.5) is 0 Å². The van der Waals surface area contributed by atoms with E-state index in [9.17, 15) is 4.79 Å². The molecule has 0 saturated heterocycles. The van der Waals surface area contributed by atoms with Crippen molar-refractivity contribution >= 4 is 21.8 Å². The summed E-state index contributed by atoms with van der Waals surface area (Å²) in [6.07, 6.45) is 3.81. The summed E-state index contributed by atoms with van der Waals surface area (Å²) in [6.45, 7) is 0. The third-order valence-corrected chi connectivity index (χ3v) is 2.52. The van der Waals surface area contributed by atoms with Crippen LogP contribution >= 0.6 is 15.9 Å². The summed E-state index contributed by atoms with van der Waals surface area (Å²) in [5, 5.41) is 0. The molecule has 1 fully saturated rings. The van der Waals surface area contributed by atoms with Crippen LogP contribution in [0.25, 0.3) is 0 Å². The molecule has 1 aromatic heterocycles. The molecule has 1 saturated carbocycles. The van der Waals surface area contributed by atoms with Crippen molar-refractivity contribution in [2.75, 3.05) is 0 Å². The Labute approximate surface area is 83.7 Å². The van der Waals surface area contributed by atoms with Crippen LogP contribution in [0.15, 0.2) is 10.7 Å². The van der Waals surface area contributed by atoms with Gasteiger partial charge in [0.25, 0.3) is 5.91 Å². The summed E-state index contributed by atoms with van der Waals surface area (Å²) in [4.78, 5) is 19.1. The molecule has 0 unspecified atom stereocenters. The Morgan fingerprint density at radius 1 is 1.62 bits per heavy atom. The maximum Gasteiger partial charge on any atom is 0.268 e. The van der Waals surface area contributed by atoms with Crippen molar-refractivity contribution in [2.24, 2.45) is 5.73 Å². The van der Waals surface area contributed by atoms with Gasteiger partial charge in [-0.25, -0.2) is 9.97 Å². The molecule has 4 nitrogen and oxygen atoms in total. The first kappa shape index (κ1) is 8.62.